The molecule has 0 bridgehead atoms. The molecule has 2 rings (SSSR count). The maximum Gasteiger partial charge on any atom is 0.419 e. The van der Waals surface area contributed by atoms with E-state index < -0.39 is 46.7 Å². The average molecular weight is 377 g/mol. The van der Waals surface area contributed by atoms with Gasteiger partial charge in [-0.1, -0.05) is 23.9 Å². The van der Waals surface area contributed by atoms with Crippen LogP contribution in [0.1, 0.15) is 23.1 Å². The molecular weight excluding hydrogens is 366 g/mol. The number of aryl methyl sites for hydroxylation is 1. The van der Waals surface area contributed by atoms with Gasteiger partial charge in [0, 0.05) is 5.56 Å². The Morgan fingerprint density at radius 2 is 2.12 bits per heavy atom. The van der Waals surface area contributed by atoms with Crippen molar-refractivity contribution in [1.29, 1.82) is 0 Å². The molecule has 2 N–H and O–H groups in total. The zero-order valence-electron chi connectivity index (χ0n) is 12.6. The second-order valence-corrected chi connectivity index (χ2v) is 6.19. The normalized spacial score (nSPS) is 19.6. The Kier molecular flexibility index (Phi) is 5.45. The number of nitrogens with zero attached hydrogens (tertiary/aromatic N) is 2. The molecule has 6 nitrogen and oxygen atoms in total. The number of carboxylic acids is 1. The standard InChI is InChI=1S/C14H11F4N3O3S/c1-6-2-3-7(11(15)10(6)14(16,17)18)5-19-21-13-20-12(24)8(25-13)4-9(22)23/h2-3,5,8H,4H2,1H3,(H,22,23)(H,20,21,24). The summed E-state index contributed by atoms with van der Waals surface area (Å²) in [5.74, 6) is -3.20. The van der Waals surface area contributed by atoms with Crippen molar-refractivity contribution in [3.63, 3.8) is 0 Å². The number of alkyl halides is 3. The molecular formula is C14H11F4N3O3S. The number of amides is 1. The average Bonchev–Trinajstić information content (AvgIpc) is 2.79. The van der Waals surface area contributed by atoms with Gasteiger partial charge in [-0.25, -0.2) is 4.39 Å². The molecule has 1 heterocycles. The summed E-state index contributed by atoms with van der Waals surface area (Å²) in [7, 11) is 0. The van der Waals surface area contributed by atoms with Gasteiger partial charge in [0.25, 0.3) is 0 Å². The molecule has 1 unspecified atom stereocenters. The minimum Gasteiger partial charge on any atom is -0.481 e. The Balaban J connectivity index is 2.18. The Labute approximate surface area is 143 Å². The van der Waals surface area contributed by atoms with E-state index in [4.69, 9.17) is 5.11 Å². The number of carbonyl (C=O) groups excluding carboxylic acids is 1. The zero-order chi connectivity index (χ0) is 18.8. The largest absolute Gasteiger partial charge is 0.481 e. The number of halogens is 4. The van der Waals surface area contributed by atoms with E-state index in [9.17, 15) is 27.2 Å². The topological polar surface area (TPSA) is 91.1 Å². The first kappa shape index (κ1) is 18.9. The first-order valence-corrected chi connectivity index (χ1v) is 7.64. The molecule has 1 saturated heterocycles. The highest BCUT2D eigenvalue weighted by Gasteiger charge is 2.36. The molecule has 25 heavy (non-hydrogen) atoms. The minimum atomic E-state index is -4.84. The summed E-state index contributed by atoms with van der Waals surface area (Å²) in [6.45, 7) is 1.14. The highest BCUT2D eigenvalue weighted by molar-refractivity contribution is 8.15. The molecule has 1 amide bonds. The van der Waals surface area contributed by atoms with E-state index in [-0.39, 0.29) is 10.7 Å². The van der Waals surface area contributed by atoms with E-state index in [2.05, 4.69) is 15.5 Å². The molecule has 0 aliphatic carbocycles. The molecule has 0 saturated carbocycles. The third kappa shape index (κ3) is 4.56. The Morgan fingerprint density at radius 1 is 1.44 bits per heavy atom. The summed E-state index contributed by atoms with van der Waals surface area (Å²) < 4.78 is 52.5. The molecule has 1 aliphatic heterocycles. The second-order valence-electron chi connectivity index (χ2n) is 5.00. The maximum atomic E-state index is 14.0. The Bertz CT molecular complexity index is 777. The van der Waals surface area contributed by atoms with Gasteiger partial charge in [-0.2, -0.15) is 18.3 Å². The van der Waals surface area contributed by atoms with E-state index in [1.165, 1.54) is 0 Å². The summed E-state index contributed by atoms with van der Waals surface area (Å²) in [6, 6.07) is 2.23. The number of thioether (sulfide) groups is 1. The first-order chi connectivity index (χ1) is 11.6. The van der Waals surface area contributed by atoms with Gasteiger partial charge >= 0.3 is 12.1 Å². The minimum absolute atomic E-state index is 0.0175. The lowest BCUT2D eigenvalue weighted by molar-refractivity contribution is -0.140. The van der Waals surface area contributed by atoms with Crippen molar-refractivity contribution in [2.24, 2.45) is 10.2 Å². The van der Waals surface area contributed by atoms with Crippen LogP contribution in [0.25, 0.3) is 0 Å². The summed E-state index contributed by atoms with van der Waals surface area (Å²) >= 11 is 0.817. The van der Waals surface area contributed by atoms with Crippen LogP contribution in [0.3, 0.4) is 0 Å². The summed E-state index contributed by atoms with van der Waals surface area (Å²) in [6.07, 6.45) is -4.47. The van der Waals surface area contributed by atoms with Crippen LogP contribution in [0.5, 0.6) is 0 Å². The smallest absolute Gasteiger partial charge is 0.419 e. The second kappa shape index (κ2) is 7.21. The van der Waals surface area contributed by atoms with Gasteiger partial charge in [0.1, 0.15) is 11.1 Å². The highest BCUT2D eigenvalue weighted by atomic mass is 32.2. The number of benzene rings is 1. The van der Waals surface area contributed by atoms with Gasteiger partial charge in [0.05, 0.1) is 18.2 Å². The van der Waals surface area contributed by atoms with Gasteiger partial charge in [0.2, 0.25) is 5.91 Å². The fourth-order valence-corrected chi connectivity index (χ4v) is 2.94. The van der Waals surface area contributed by atoms with Crippen molar-refractivity contribution in [2.75, 3.05) is 0 Å². The summed E-state index contributed by atoms with van der Waals surface area (Å²) in [4.78, 5) is 22.1. The third-order valence-electron chi connectivity index (χ3n) is 3.15. The molecule has 1 atom stereocenters. The predicted molar refractivity (Wildman–Crippen MR) is 82.9 cm³/mol. The number of hydrogen-bond acceptors (Lipinski definition) is 5. The number of carboxylic acid groups (broad SMARTS) is 1. The van der Waals surface area contributed by atoms with E-state index in [1.54, 1.807) is 0 Å². The molecule has 1 aromatic carbocycles. The monoisotopic (exact) mass is 377 g/mol. The van der Waals surface area contributed by atoms with Crippen molar-refractivity contribution >= 4 is 35.0 Å². The van der Waals surface area contributed by atoms with Crippen LogP contribution in [0, 0.1) is 12.7 Å². The number of carbonyl (C=O) groups is 2. The third-order valence-corrected chi connectivity index (χ3v) is 4.22. The number of rotatable bonds is 4. The van der Waals surface area contributed by atoms with Crippen LogP contribution in [0.4, 0.5) is 17.6 Å². The summed E-state index contributed by atoms with van der Waals surface area (Å²) in [5, 5.41) is 17.1. The van der Waals surface area contributed by atoms with Crippen LogP contribution in [-0.4, -0.2) is 33.6 Å². The van der Waals surface area contributed by atoms with Gasteiger partial charge in [-0.15, -0.1) is 5.10 Å². The van der Waals surface area contributed by atoms with Crippen molar-refractivity contribution in [2.45, 2.75) is 24.8 Å². The Hall–Kier alpha value is -2.43. The molecule has 0 radical (unpaired) electrons. The van der Waals surface area contributed by atoms with Crippen molar-refractivity contribution in [3.05, 3.63) is 34.6 Å². The van der Waals surface area contributed by atoms with Crippen LogP contribution in [0.2, 0.25) is 0 Å². The molecule has 1 aromatic rings. The maximum absolute atomic E-state index is 14.0. The van der Waals surface area contributed by atoms with E-state index in [0.717, 1.165) is 37.0 Å². The lowest BCUT2D eigenvalue weighted by Crippen LogP contribution is -2.26. The SMILES string of the molecule is Cc1ccc(C=NN=C2NC(=O)C(CC(=O)O)S2)c(F)c1C(F)(F)F. The number of nitrogens with one attached hydrogen (secondary N) is 1. The van der Waals surface area contributed by atoms with Crippen LogP contribution in [0.15, 0.2) is 22.3 Å². The Morgan fingerprint density at radius 3 is 2.72 bits per heavy atom. The molecule has 11 heteroatoms. The van der Waals surface area contributed by atoms with E-state index >= 15 is 0 Å². The zero-order valence-corrected chi connectivity index (χ0v) is 13.4. The number of aliphatic carboxylic acids is 1. The first-order valence-electron chi connectivity index (χ1n) is 6.76. The predicted octanol–water partition coefficient (Wildman–Crippen LogP) is 2.55. The quantitative estimate of drug-likeness (QED) is 0.479. The van der Waals surface area contributed by atoms with Gasteiger partial charge < -0.3 is 10.4 Å². The molecule has 1 aliphatic rings. The fourth-order valence-electron chi connectivity index (χ4n) is 2.03. The number of hydrogen-bond donors (Lipinski definition) is 2. The van der Waals surface area contributed by atoms with Gasteiger partial charge in [-0.05, 0) is 12.5 Å². The molecule has 134 valence electrons. The van der Waals surface area contributed by atoms with Crippen LogP contribution < -0.4 is 5.32 Å². The lowest BCUT2D eigenvalue weighted by Gasteiger charge is -2.12. The van der Waals surface area contributed by atoms with E-state index in [1.807, 2.05) is 0 Å². The molecule has 0 aromatic heterocycles. The fraction of sp³-hybridized carbons (Fsp3) is 0.286. The van der Waals surface area contributed by atoms with Crippen molar-refractivity contribution < 1.29 is 32.3 Å². The van der Waals surface area contributed by atoms with Crippen LogP contribution in [-0.2, 0) is 15.8 Å². The van der Waals surface area contributed by atoms with E-state index in [0.29, 0.717) is 0 Å². The lowest BCUT2D eigenvalue weighted by atomic mass is 10.0. The van der Waals surface area contributed by atoms with Crippen molar-refractivity contribution in [3.8, 4) is 0 Å². The molecule has 0 spiro atoms. The van der Waals surface area contributed by atoms with Crippen molar-refractivity contribution in [1.82, 2.24) is 5.32 Å². The van der Waals surface area contributed by atoms with Gasteiger partial charge in [-0.3, -0.25) is 9.59 Å². The van der Waals surface area contributed by atoms with Gasteiger partial charge in [0.15, 0.2) is 5.17 Å². The van der Waals surface area contributed by atoms with Crippen LogP contribution >= 0.6 is 11.8 Å². The summed E-state index contributed by atoms with van der Waals surface area (Å²) in [5.41, 5.74) is -2.06. The molecule has 1 fully saturated rings. The number of amidine groups is 1. The highest BCUT2D eigenvalue weighted by Crippen LogP contribution is 2.34.